The Hall–Kier alpha value is -5.80. The van der Waals surface area contributed by atoms with Crippen LogP contribution >= 0.6 is 0 Å². The van der Waals surface area contributed by atoms with Crippen LogP contribution in [0.5, 0.6) is 0 Å². The highest BCUT2D eigenvalue weighted by Crippen LogP contribution is 2.61. The lowest BCUT2D eigenvalue weighted by Gasteiger charge is -2.36. The van der Waals surface area contributed by atoms with E-state index in [-0.39, 0.29) is 5.41 Å². The quantitative estimate of drug-likeness (QED) is 0.191. The molecule has 49 heavy (non-hydrogen) atoms. The molecule has 0 bridgehead atoms. The summed E-state index contributed by atoms with van der Waals surface area (Å²) in [6.45, 7) is 0. The number of hydrogen-bond acceptors (Lipinski definition) is 2. The maximum Gasteiger partial charge on any atom is 0.235 e. The first-order valence-electron chi connectivity index (χ1n) is 17.7. The van der Waals surface area contributed by atoms with Gasteiger partial charge < -0.3 is 0 Å². The third kappa shape index (κ3) is 3.62. The van der Waals surface area contributed by atoms with Gasteiger partial charge in [0.25, 0.3) is 0 Å². The van der Waals surface area contributed by atoms with E-state index in [2.05, 4.69) is 144 Å². The Kier molecular flexibility index (Phi) is 5.60. The molecule has 0 unspecified atom stereocenters. The molecule has 2 aliphatic carbocycles. The molecule has 0 saturated heterocycles. The van der Waals surface area contributed by atoms with Gasteiger partial charge in [-0.05, 0) is 68.8 Å². The average molecular weight is 628 g/mol. The molecular formula is C46H33N3. The zero-order valence-electron chi connectivity index (χ0n) is 27.2. The fourth-order valence-corrected chi connectivity index (χ4v) is 9.59. The topological polar surface area (TPSA) is 30.7 Å². The lowest BCUT2D eigenvalue weighted by Crippen LogP contribution is -2.28. The number of benzene rings is 7. The average Bonchev–Trinajstić information content (AvgIpc) is 3.66. The van der Waals surface area contributed by atoms with Crippen molar-refractivity contribution in [2.75, 3.05) is 0 Å². The van der Waals surface area contributed by atoms with E-state index in [1.54, 1.807) is 0 Å². The molecular weight excluding hydrogens is 595 g/mol. The van der Waals surface area contributed by atoms with Crippen LogP contribution in [0.25, 0.3) is 82.6 Å². The molecule has 1 fully saturated rings. The van der Waals surface area contributed by atoms with Crippen LogP contribution in [0.15, 0.2) is 140 Å². The Morgan fingerprint density at radius 1 is 0.531 bits per heavy atom. The van der Waals surface area contributed by atoms with Crippen molar-refractivity contribution in [1.82, 2.24) is 14.5 Å². The van der Waals surface area contributed by atoms with E-state index in [4.69, 9.17) is 9.97 Å². The van der Waals surface area contributed by atoms with Crippen molar-refractivity contribution in [1.29, 1.82) is 0 Å². The van der Waals surface area contributed by atoms with Gasteiger partial charge in [0.05, 0.1) is 22.2 Å². The predicted molar refractivity (Wildman–Crippen MR) is 204 cm³/mol. The molecule has 2 aliphatic rings. The van der Waals surface area contributed by atoms with Crippen molar-refractivity contribution >= 4 is 54.3 Å². The van der Waals surface area contributed by atoms with Crippen LogP contribution in [0.2, 0.25) is 0 Å². The van der Waals surface area contributed by atoms with E-state index in [0.29, 0.717) is 0 Å². The van der Waals surface area contributed by atoms with Crippen molar-refractivity contribution in [3.05, 3.63) is 151 Å². The summed E-state index contributed by atoms with van der Waals surface area (Å²) >= 11 is 0. The van der Waals surface area contributed by atoms with Gasteiger partial charge in [0.2, 0.25) is 5.95 Å². The van der Waals surface area contributed by atoms with Gasteiger partial charge in [0, 0.05) is 27.1 Å². The van der Waals surface area contributed by atoms with Crippen molar-refractivity contribution in [3.8, 4) is 28.3 Å². The number of fused-ring (bicyclic) bond motifs is 15. The van der Waals surface area contributed by atoms with Gasteiger partial charge in [-0.15, -0.1) is 0 Å². The summed E-state index contributed by atoms with van der Waals surface area (Å²) in [6.07, 6.45) is 6.06. The monoisotopic (exact) mass is 627 g/mol. The van der Waals surface area contributed by atoms with Crippen LogP contribution in [-0.2, 0) is 5.41 Å². The highest BCUT2D eigenvalue weighted by molar-refractivity contribution is 6.32. The fourth-order valence-electron chi connectivity index (χ4n) is 9.59. The van der Waals surface area contributed by atoms with Crippen LogP contribution in [0.1, 0.15) is 43.2 Å². The number of aromatic nitrogens is 3. The zero-order chi connectivity index (χ0) is 32.1. The highest BCUT2D eigenvalue weighted by Gasteiger charge is 2.47. The zero-order valence-corrected chi connectivity index (χ0v) is 27.2. The normalized spacial score (nSPS) is 15.1. The van der Waals surface area contributed by atoms with E-state index in [0.717, 1.165) is 46.5 Å². The first kappa shape index (κ1) is 27.2. The van der Waals surface area contributed by atoms with Gasteiger partial charge in [-0.3, -0.25) is 4.57 Å². The molecule has 232 valence electrons. The summed E-state index contributed by atoms with van der Waals surface area (Å²) in [7, 11) is 0. The number of para-hydroxylation sites is 1. The lowest BCUT2D eigenvalue weighted by atomic mass is 9.67. The summed E-state index contributed by atoms with van der Waals surface area (Å²) in [6, 6.07) is 50.9. The maximum absolute atomic E-state index is 5.53. The minimum absolute atomic E-state index is 0.0620. The summed E-state index contributed by atoms with van der Waals surface area (Å²) in [5.41, 5.74) is 11.1. The van der Waals surface area contributed by atoms with E-state index >= 15 is 0 Å². The molecule has 11 rings (SSSR count). The van der Waals surface area contributed by atoms with Crippen LogP contribution in [0.3, 0.4) is 0 Å². The van der Waals surface area contributed by atoms with Gasteiger partial charge >= 0.3 is 0 Å². The standard InChI is InChI=1S/C46H33N3/c1-3-16-30(17-4-1)43-35-22-10-12-24-37(35)47-45(48-43)49-38-26-25-29-15-5-6-18-31(29)40(38)41-33-20-8-7-19-32(33)39-34-21-9-11-23-36(34)46(42(39)44(41)49)27-13-2-14-28-46/h1,3-12,15-26H,2,13-14,27-28H2. The van der Waals surface area contributed by atoms with Crippen molar-refractivity contribution < 1.29 is 0 Å². The molecule has 0 aliphatic heterocycles. The van der Waals surface area contributed by atoms with Crippen LogP contribution < -0.4 is 0 Å². The number of hydrogen-bond donors (Lipinski definition) is 0. The predicted octanol–water partition coefficient (Wildman–Crippen LogP) is 11.9. The minimum atomic E-state index is -0.0620. The molecule has 1 saturated carbocycles. The Morgan fingerprint density at radius 3 is 2.08 bits per heavy atom. The van der Waals surface area contributed by atoms with Gasteiger partial charge in [-0.1, -0.05) is 147 Å². The Labute approximate surface area is 284 Å². The van der Waals surface area contributed by atoms with Crippen molar-refractivity contribution in [2.45, 2.75) is 37.5 Å². The number of rotatable bonds is 2. The first-order chi connectivity index (χ1) is 24.3. The molecule has 0 radical (unpaired) electrons. The lowest BCUT2D eigenvalue weighted by molar-refractivity contribution is 0.354. The Bertz CT molecular complexity index is 2800. The molecule has 9 aromatic rings. The first-order valence-corrected chi connectivity index (χ1v) is 17.7. The van der Waals surface area contributed by atoms with E-state index in [1.165, 1.54) is 79.4 Å². The second-order valence-electron chi connectivity index (χ2n) is 14.0. The third-order valence-electron chi connectivity index (χ3n) is 11.5. The second-order valence-corrected chi connectivity index (χ2v) is 14.0. The molecule has 7 aromatic carbocycles. The molecule has 2 aromatic heterocycles. The molecule has 3 nitrogen and oxygen atoms in total. The van der Waals surface area contributed by atoms with E-state index in [9.17, 15) is 0 Å². The van der Waals surface area contributed by atoms with Crippen LogP contribution in [-0.4, -0.2) is 14.5 Å². The van der Waals surface area contributed by atoms with Gasteiger partial charge in [-0.2, -0.15) is 0 Å². The summed E-state index contributed by atoms with van der Waals surface area (Å²) in [5.74, 6) is 0.729. The Morgan fingerprint density at radius 2 is 1.22 bits per heavy atom. The summed E-state index contributed by atoms with van der Waals surface area (Å²) in [4.78, 5) is 11.0. The summed E-state index contributed by atoms with van der Waals surface area (Å²) < 4.78 is 2.45. The second kappa shape index (κ2) is 10.1. The van der Waals surface area contributed by atoms with Crippen molar-refractivity contribution in [3.63, 3.8) is 0 Å². The fraction of sp³-hybridized carbons (Fsp3) is 0.130. The highest BCUT2D eigenvalue weighted by atomic mass is 15.2. The largest absolute Gasteiger partial charge is 0.278 e. The molecule has 2 heterocycles. The number of nitrogens with zero attached hydrogens (tertiary/aromatic N) is 3. The molecule has 0 N–H and O–H groups in total. The summed E-state index contributed by atoms with van der Waals surface area (Å²) in [5, 5.41) is 8.82. The molecule has 3 heteroatoms. The minimum Gasteiger partial charge on any atom is -0.278 e. The van der Waals surface area contributed by atoms with Gasteiger partial charge in [0.15, 0.2) is 0 Å². The van der Waals surface area contributed by atoms with Crippen molar-refractivity contribution in [2.24, 2.45) is 0 Å². The van der Waals surface area contributed by atoms with Gasteiger partial charge in [-0.25, -0.2) is 9.97 Å². The SMILES string of the molecule is c1ccc(-c2nc(-n3c4ccc5ccccc5c4c4c5ccccc5c5c(c43)C3(CCCCC3)c3ccccc3-5)nc3ccccc23)cc1. The molecule has 1 spiro atoms. The third-order valence-corrected chi connectivity index (χ3v) is 11.5. The van der Waals surface area contributed by atoms with E-state index in [1.807, 2.05) is 0 Å². The molecule has 0 atom stereocenters. The van der Waals surface area contributed by atoms with Gasteiger partial charge in [0.1, 0.15) is 0 Å². The van der Waals surface area contributed by atoms with Crippen LogP contribution in [0.4, 0.5) is 0 Å². The molecule has 0 amide bonds. The van der Waals surface area contributed by atoms with Crippen LogP contribution in [0, 0.1) is 0 Å². The smallest absolute Gasteiger partial charge is 0.235 e. The Balaban J connectivity index is 1.41. The maximum atomic E-state index is 5.53. The van der Waals surface area contributed by atoms with E-state index < -0.39 is 0 Å².